The van der Waals surface area contributed by atoms with E-state index in [-0.39, 0.29) is 37.4 Å². The van der Waals surface area contributed by atoms with E-state index in [0.29, 0.717) is 17.2 Å². The molecular weight excluding hydrogens is 432 g/mol. The van der Waals surface area contributed by atoms with E-state index in [1.54, 1.807) is 24.3 Å². The van der Waals surface area contributed by atoms with Gasteiger partial charge in [-0.3, -0.25) is 4.79 Å². The molecule has 0 amide bonds. The number of benzene rings is 2. The Morgan fingerprint density at radius 2 is 1.68 bits per heavy atom. The smallest absolute Gasteiger partial charge is 0.337 e. The molecule has 1 heterocycles. The number of carbonyl (C=O) groups excluding carboxylic acids is 2. The van der Waals surface area contributed by atoms with Crippen LogP contribution in [-0.2, 0) is 30.9 Å². The first-order valence-corrected chi connectivity index (χ1v) is 11.0. The van der Waals surface area contributed by atoms with Gasteiger partial charge >= 0.3 is 11.9 Å². The van der Waals surface area contributed by atoms with Gasteiger partial charge in [0.25, 0.3) is 0 Å². The molecule has 1 aliphatic rings. The van der Waals surface area contributed by atoms with Crippen molar-refractivity contribution in [2.75, 3.05) is 20.2 Å². The van der Waals surface area contributed by atoms with Crippen molar-refractivity contribution in [3.8, 4) is 0 Å². The van der Waals surface area contributed by atoms with Crippen molar-refractivity contribution in [3.63, 3.8) is 0 Å². The summed E-state index contributed by atoms with van der Waals surface area (Å²) in [5.41, 5.74) is 1.08. The van der Waals surface area contributed by atoms with Crippen LogP contribution in [0.2, 0.25) is 0 Å². The lowest BCUT2D eigenvalue weighted by atomic mass is 9.98. The predicted octanol–water partition coefficient (Wildman–Crippen LogP) is 2.90. The molecule has 3 rings (SSSR count). The summed E-state index contributed by atoms with van der Waals surface area (Å²) >= 11 is 0. The van der Waals surface area contributed by atoms with E-state index in [2.05, 4.69) is 4.74 Å². The van der Waals surface area contributed by atoms with E-state index in [4.69, 9.17) is 4.74 Å². The van der Waals surface area contributed by atoms with Gasteiger partial charge in [0, 0.05) is 13.1 Å². The standard InChI is InChI=1S/C21H21F2NO6S/c1-29-20(25)15-4-2-14(3-5-15)13-30-21(26)16-8-10-24(11-9-16)31(27,28)17-6-7-18(22)19(23)12-17/h2-7,12,16H,8-11,13H2,1H3. The van der Waals surface area contributed by atoms with Crippen molar-refractivity contribution in [1.29, 1.82) is 0 Å². The first-order valence-electron chi connectivity index (χ1n) is 9.51. The molecule has 0 bridgehead atoms. The maximum absolute atomic E-state index is 13.4. The number of nitrogens with zero attached hydrogens (tertiary/aromatic N) is 1. The lowest BCUT2D eigenvalue weighted by molar-refractivity contribution is -0.151. The zero-order valence-electron chi connectivity index (χ0n) is 16.7. The van der Waals surface area contributed by atoms with Crippen LogP contribution in [0.5, 0.6) is 0 Å². The fourth-order valence-electron chi connectivity index (χ4n) is 3.25. The van der Waals surface area contributed by atoms with Crippen molar-refractivity contribution in [2.45, 2.75) is 24.3 Å². The summed E-state index contributed by atoms with van der Waals surface area (Å²) in [4.78, 5) is 23.4. The zero-order chi connectivity index (χ0) is 22.6. The van der Waals surface area contributed by atoms with Gasteiger partial charge in [-0.15, -0.1) is 0 Å². The number of hydrogen-bond donors (Lipinski definition) is 0. The molecule has 0 saturated carbocycles. The molecule has 2 aromatic carbocycles. The average molecular weight is 453 g/mol. The van der Waals surface area contributed by atoms with Crippen LogP contribution in [0.4, 0.5) is 8.78 Å². The Hall–Kier alpha value is -2.85. The van der Waals surface area contributed by atoms with Gasteiger partial charge in [-0.1, -0.05) is 12.1 Å². The van der Waals surface area contributed by atoms with Crippen LogP contribution < -0.4 is 0 Å². The molecule has 1 aliphatic heterocycles. The number of esters is 2. The largest absolute Gasteiger partial charge is 0.465 e. The third kappa shape index (κ3) is 5.26. The molecule has 1 saturated heterocycles. The van der Waals surface area contributed by atoms with Crippen LogP contribution >= 0.6 is 0 Å². The minimum absolute atomic E-state index is 0.0215. The maximum atomic E-state index is 13.4. The lowest BCUT2D eigenvalue weighted by Crippen LogP contribution is -2.40. The highest BCUT2D eigenvalue weighted by atomic mass is 32.2. The fraction of sp³-hybridized carbons (Fsp3) is 0.333. The third-order valence-electron chi connectivity index (χ3n) is 5.07. The monoisotopic (exact) mass is 453 g/mol. The Balaban J connectivity index is 1.53. The number of piperidine rings is 1. The highest BCUT2D eigenvalue weighted by Gasteiger charge is 2.33. The summed E-state index contributed by atoms with van der Waals surface area (Å²) in [7, 11) is -2.70. The van der Waals surface area contributed by atoms with Crippen molar-refractivity contribution in [3.05, 3.63) is 65.2 Å². The molecule has 0 N–H and O–H groups in total. The number of sulfonamides is 1. The molecule has 0 unspecified atom stereocenters. The first kappa shape index (κ1) is 22.8. The Bertz CT molecular complexity index is 1060. The van der Waals surface area contributed by atoms with E-state index in [1.165, 1.54) is 7.11 Å². The highest BCUT2D eigenvalue weighted by Crippen LogP contribution is 2.25. The number of carbonyl (C=O) groups is 2. The van der Waals surface area contributed by atoms with Gasteiger partial charge < -0.3 is 9.47 Å². The van der Waals surface area contributed by atoms with Crippen molar-refractivity contribution >= 4 is 22.0 Å². The molecule has 1 fully saturated rings. The number of methoxy groups -OCH3 is 1. The third-order valence-corrected chi connectivity index (χ3v) is 6.97. The van der Waals surface area contributed by atoms with Crippen LogP contribution in [-0.4, -0.2) is 44.9 Å². The topological polar surface area (TPSA) is 90.0 Å². The van der Waals surface area contributed by atoms with E-state index in [0.717, 1.165) is 16.4 Å². The van der Waals surface area contributed by atoms with E-state index < -0.39 is 39.5 Å². The summed E-state index contributed by atoms with van der Waals surface area (Å²) in [5, 5.41) is 0. The second-order valence-corrected chi connectivity index (χ2v) is 8.99. The second-order valence-electron chi connectivity index (χ2n) is 7.05. The molecule has 10 heteroatoms. The van der Waals surface area contributed by atoms with Crippen LogP contribution in [0.1, 0.15) is 28.8 Å². The normalized spacial score (nSPS) is 15.5. The van der Waals surface area contributed by atoms with E-state index in [1.807, 2.05) is 0 Å². The van der Waals surface area contributed by atoms with Crippen LogP contribution in [0.15, 0.2) is 47.4 Å². The van der Waals surface area contributed by atoms with Crippen molar-refractivity contribution < 1.29 is 36.3 Å². The van der Waals surface area contributed by atoms with Gasteiger partial charge in [-0.05, 0) is 48.7 Å². The number of ether oxygens (including phenoxy) is 2. The van der Waals surface area contributed by atoms with Gasteiger partial charge in [0.15, 0.2) is 11.6 Å². The summed E-state index contributed by atoms with van der Waals surface area (Å²) < 4.78 is 62.8. The van der Waals surface area contributed by atoms with E-state index in [9.17, 15) is 26.8 Å². The molecule has 0 spiro atoms. The van der Waals surface area contributed by atoms with Crippen molar-refractivity contribution in [2.24, 2.45) is 5.92 Å². The van der Waals surface area contributed by atoms with Gasteiger partial charge in [0.05, 0.1) is 23.5 Å². The Kier molecular flexibility index (Phi) is 7.01. The van der Waals surface area contributed by atoms with Gasteiger partial charge in [-0.2, -0.15) is 4.31 Å². The predicted molar refractivity (Wildman–Crippen MR) is 105 cm³/mol. The maximum Gasteiger partial charge on any atom is 0.337 e. The number of halogens is 2. The van der Waals surface area contributed by atoms with Crippen molar-refractivity contribution in [1.82, 2.24) is 4.31 Å². The fourth-order valence-corrected chi connectivity index (χ4v) is 4.73. The molecule has 166 valence electrons. The summed E-state index contributed by atoms with van der Waals surface area (Å²) in [5.74, 6) is -3.74. The minimum atomic E-state index is -3.98. The van der Waals surface area contributed by atoms with Crippen LogP contribution in [0, 0.1) is 17.6 Å². The Morgan fingerprint density at radius 1 is 1.03 bits per heavy atom. The molecule has 0 atom stereocenters. The van der Waals surface area contributed by atoms with Gasteiger partial charge in [0.2, 0.25) is 10.0 Å². The number of rotatable bonds is 6. The lowest BCUT2D eigenvalue weighted by Gasteiger charge is -2.30. The summed E-state index contributed by atoms with van der Waals surface area (Å²) in [6.07, 6.45) is 0.506. The quantitative estimate of drug-likeness (QED) is 0.625. The molecule has 31 heavy (non-hydrogen) atoms. The molecule has 2 aromatic rings. The molecular formula is C21H21F2NO6S. The highest BCUT2D eigenvalue weighted by molar-refractivity contribution is 7.89. The molecule has 0 radical (unpaired) electrons. The first-order chi connectivity index (χ1) is 14.7. The average Bonchev–Trinajstić information content (AvgIpc) is 2.79. The Morgan fingerprint density at radius 3 is 2.26 bits per heavy atom. The van der Waals surface area contributed by atoms with Crippen LogP contribution in [0.3, 0.4) is 0 Å². The number of hydrogen-bond acceptors (Lipinski definition) is 6. The zero-order valence-corrected chi connectivity index (χ0v) is 17.5. The summed E-state index contributed by atoms with van der Waals surface area (Å²) in [6.45, 7) is 0.150. The van der Waals surface area contributed by atoms with E-state index >= 15 is 0 Å². The molecule has 0 aliphatic carbocycles. The second kappa shape index (κ2) is 9.52. The Labute approximate surface area is 178 Å². The van der Waals surface area contributed by atoms with Crippen LogP contribution in [0.25, 0.3) is 0 Å². The summed E-state index contributed by atoms with van der Waals surface area (Å²) in [6, 6.07) is 8.86. The molecule has 7 nitrogen and oxygen atoms in total. The molecule has 0 aromatic heterocycles. The van der Waals surface area contributed by atoms with Gasteiger partial charge in [0.1, 0.15) is 6.61 Å². The SMILES string of the molecule is COC(=O)c1ccc(COC(=O)C2CCN(S(=O)(=O)c3ccc(F)c(F)c3)CC2)cc1. The van der Waals surface area contributed by atoms with Gasteiger partial charge in [-0.25, -0.2) is 22.0 Å². The minimum Gasteiger partial charge on any atom is -0.465 e.